The van der Waals surface area contributed by atoms with Crippen molar-refractivity contribution in [2.45, 2.75) is 161 Å². The second kappa shape index (κ2) is 25.5. The maximum absolute atomic E-state index is 14.0. The van der Waals surface area contributed by atoms with Crippen LogP contribution in [0, 0.1) is 17.8 Å². The molecule has 15 N–H and O–H groups in total. The summed E-state index contributed by atoms with van der Waals surface area (Å²) in [5, 5.41) is 45.2. The second-order valence-electron chi connectivity index (χ2n) is 16.8. The van der Waals surface area contributed by atoms with Gasteiger partial charge in [0.1, 0.15) is 42.3 Å². The van der Waals surface area contributed by atoms with Gasteiger partial charge in [-0.25, -0.2) is 4.79 Å². The zero-order valence-corrected chi connectivity index (χ0v) is 36.8. The van der Waals surface area contributed by atoms with E-state index in [0.29, 0.717) is 6.42 Å². The van der Waals surface area contributed by atoms with Crippen molar-refractivity contribution in [2.75, 3.05) is 6.54 Å². The summed E-state index contributed by atoms with van der Waals surface area (Å²) in [6.45, 7) is 12.4. The summed E-state index contributed by atoms with van der Waals surface area (Å²) in [5.41, 5.74) is 16.5. The topological polar surface area (TPSA) is 385 Å². The number of rotatable bonds is 26. The van der Waals surface area contributed by atoms with Crippen molar-refractivity contribution in [1.82, 2.24) is 36.8 Å². The van der Waals surface area contributed by atoms with Crippen LogP contribution in [0.15, 0.2) is 0 Å². The predicted octanol–water partition coefficient (Wildman–Crippen LogP) is -4.05. The molecule has 23 nitrogen and oxygen atoms in total. The molecule has 1 rings (SSSR count). The molecule has 0 aromatic carbocycles. The Bertz CT molecular complexity index is 1620. The fourth-order valence-electron chi connectivity index (χ4n) is 6.59. The second-order valence-corrected chi connectivity index (χ2v) is 16.8. The Kier molecular flexibility index (Phi) is 22.5. The number of carbonyl (C=O) groups excluding carboxylic acids is 9. The number of amides is 9. The molecular weight excluding hydrogens is 816 g/mol. The monoisotopic (exact) mass is 884 g/mol. The smallest absolute Gasteiger partial charge is 0.326 e. The molecule has 0 aromatic heterocycles. The minimum absolute atomic E-state index is 0.00511. The average molecular weight is 885 g/mol. The number of primary amides is 2. The van der Waals surface area contributed by atoms with Crippen LogP contribution < -0.4 is 49.1 Å². The maximum Gasteiger partial charge on any atom is 0.326 e. The van der Waals surface area contributed by atoms with E-state index >= 15 is 0 Å². The number of nitrogens with two attached hydrogens (primary N) is 3. The van der Waals surface area contributed by atoms with Gasteiger partial charge in [-0.15, -0.1) is 0 Å². The van der Waals surface area contributed by atoms with E-state index in [1.54, 1.807) is 27.7 Å². The molecule has 62 heavy (non-hydrogen) atoms. The first kappa shape index (κ1) is 54.6. The molecule has 1 aliphatic rings. The van der Waals surface area contributed by atoms with Crippen LogP contribution in [-0.2, 0) is 47.9 Å². The van der Waals surface area contributed by atoms with E-state index < -0.39 is 144 Å². The van der Waals surface area contributed by atoms with Gasteiger partial charge in [-0.1, -0.05) is 41.5 Å². The summed E-state index contributed by atoms with van der Waals surface area (Å²) in [6.07, 6.45) is -4.09. The first-order chi connectivity index (χ1) is 28.7. The van der Waals surface area contributed by atoms with Crippen LogP contribution in [-0.4, -0.2) is 146 Å². The molecule has 0 aromatic rings. The lowest BCUT2D eigenvalue weighted by molar-refractivity contribution is -0.145. The molecule has 0 saturated carbocycles. The van der Waals surface area contributed by atoms with E-state index in [1.807, 2.05) is 13.8 Å². The Labute approximate surface area is 361 Å². The SMILES string of the molecule is CC(C)C[C@H](N)C(=O)N[C@@H](CCC(N)=O)C(=O)N[C@H](C(=O)N[C@@H](CCC(N)=O)C(=O)N[C@H](C(=O)N1CCC[C@H]1C(=O)N[C@H](C(=O)N[C@H](C(=O)O)C(C)C)C(C)C)[C@@H](C)O)[C@@H](C)O. The Hall–Kier alpha value is -5.42. The van der Waals surface area contributed by atoms with Crippen molar-refractivity contribution >= 4 is 59.1 Å². The summed E-state index contributed by atoms with van der Waals surface area (Å²) >= 11 is 0. The molecule has 0 radical (unpaired) electrons. The standard InChI is InChI=1S/C39H68N10O13/c1-17(2)16-22(40)32(54)43-23(11-13-26(41)52)33(55)47-30(20(7)50)37(59)44-24(12-14-27(42)53)34(56)48-31(21(8)51)38(60)49-15-9-10-25(49)35(57)45-28(18(3)4)36(58)46-29(19(5)6)39(61)62/h17-25,28-31,50-51H,9-16,40H2,1-8H3,(H2,41,52)(H2,42,53)(H,43,54)(H,44,59)(H,45,57)(H,46,58)(H,47,55)(H,48,56)(H,61,62)/t20-,21-,22+,23+,24+,25+,28+,29+,30+,31+/m1/s1. The van der Waals surface area contributed by atoms with Gasteiger partial charge in [-0.2, -0.15) is 0 Å². The van der Waals surface area contributed by atoms with Gasteiger partial charge in [0, 0.05) is 19.4 Å². The number of aliphatic hydroxyl groups is 2. The lowest BCUT2D eigenvalue weighted by Gasteiger charge is -2.32. The fraction of sp³-hybridized carbons (Fsp3) is 0.744. The fourth-order valence-corrected chi connectivity index (χ4v) is 6.59. The van der Waals surface area contributed by atoms with Crippen molar-refractivity contribution in [3.63, 3.8) is 0 Å². The number of hydrogen-bond donors (Lipinski definition) is 12. The van der Waals surface area contributed by atoms with E-state index in [2.05, 4.69) is 31.9 Å². The molecule has 0 unspecified atom stereocenters. The Morgan fingerprint density at radius 3 is 1.45 bits per heavy atom. The Morgan fingerprint density at radius 1 is 0.597 bits per heavy atom. The highest BCUT2D eigenvalue weighted by Crippen LogP contribution is 2.21. The maximum atomic E-state index is 14.0. The Morgan fingerprint density at radius 2 is 1.03 bits per heavy atom. The van der Waals surface area contributed by atoms with Crippen molar-refractivity contribution < 1.29 is 63.3 Å². The number of hydrogen-bond acceptors (Lipinski definition) is 13. The predicted molar refractivity (Wildman–Crippen MR) is 221 cm³/mol. The molecular formula is C39H68N10O13. The van der Waals surface area contributed by atoms with Crippen LogP contribution in [0.3, 0.4) is 0 Å². The largest absolute Gasteiger partial charge is 0.480 e. The van der Waals surface area contributed by atoms with Crippen LogP contribution in [0.4, 0.5) is 0 Å². The third-order valence-corrected chi connectivity index (χ3v) is 10.1. The van der Waals surface area contributed by atoms with Crippen LogP contribution in [0.1, 0.15) is 100 Å². The number of aliphatic hydroxyl groups excluding tert-OH is 2. The molecule has 1 aliphatic heterocycles. The van der Waals surface area contributed by atoms with Gasteiger partial charge in [0.05, 0.1) is 18.2 Å². The highest BCUT2D eigenvalue weighted by atomic mass is 16.4. The van der Waals surface area contributed by atoms with Crippen molar-refractivity contribution in [3.8, 4) is 0 Å². The molecule has 1 heterocycles. The third kappa shape index (κ3) is 17.5. The van der Waals surface area contributed by atoms with Crippen LogP contribution in [0.25, 0.3) is 0 Å². The first-order valence-corrected chi connectivity index (χ1v) is 20.7. The lowest BCUT2D eigenvalue weighted by atomic mass is 9.99. The number of aliphatic carboxylic acids is 1. The van der Waals surface area contributed by atoms with Gasteiger partial charge in [-0.05, 0) is 63.7 Å². The van der Waals surface area contributed by atoms with E-state index in [0.717, 1.165) is 11.8 Å². The van der Waals surface area contributed by atoms with Gasteiger partial charge in [0.25, 0.3) is 0 Å². The minimum atomic E-state index is -1.79. The van der Waals surface area contributed by atoms with Crippen LogP contribution in [0.5, 0.6) is 0 Å². The molecule has 9 amide bonds. The number of nitrogens with one attached hydrogen (secondary N) is 6. The highest BCUT2D eigenvalue weighted by Gasteiger charge is 2.42. The van der Waals surface area contributed by atoms with E-state index in [-0.39, 0.29) is 38.1 Å². The van der Waals surface area contributed by atoms with Crippen molar-refractivity contribution in [2.24, 2.45) is 35.0 Å². The summed E-state index contributed by atoms with van der Waals surface area (Å²) < 4.78 is 0. The summed E-state index contributed by atoms with van der Waals surface area (Å²) in [5.74, 6) is -10.3. The lowest BCUT2D eigenvalue weighted by Crippen LogP contribution is -2.63. The molecule has 1 fully saturated rings. The van der Waals surface area contributed by atoms with Gasteiger partial charge < -0.3 is 69.3 Å². The average Bonchev–Trinajstić information content (AvgIpc) is 3.65. The molecule has 10 atom stereocenters. The Balaban J connectivity index is 3.32. The normalized spacial score (nSPS) is 18.2. The quantitative estimate of drug-likeness (QED) is 0.0394. The number of carboxylic acids is 1. The molecule has 0 bridgehead atoms. The molecule has 0 aliphatic carbocycles. The molecule has 1 saturated heterocycles. The minimum Gasteiger partial charge on any atom is -0.480 e. The van der Waals surface area contributed by atoms with Gasteiger partial charge >= 0.3 is 5.97 Å². The van der Waals surface area contributed by atoms with Crippen molar-refractivity contribution in [1.29, 1.82) is 0 Å². The van der Waals surface area contributed by atoms with E-state index in [4.69, 9.17) is 17.2 Å². The number of carbonyl (C=O) groups is 10. The third-order valence-electron chi connectivity index (χ3n) is 10.1. The van der Waals surface area contributed by atoms with Crippen LogP contribution in [0.2, 0.25) is 0 Å². The summed E-state index contributed by atoms with van der Waals surface area (Å²) in [4.78, 5) is 130. The van der Waals surface area contributed by atoms with Crippen molar-refractivity contribution in [3.05, 3.63) is 0 Å². The molecule has 23 heteroatoms. The number of nitrogens with zero attached hydrogens (tertiary/aromatic N) is 1. The van der Waals surface area contributed by atoms with E-state index in [9.17, 15) is 63.3 Å². The highest BCUT2D eigenvalue weighted by molar-refractivity contribution is 5.98. The van der Waals surface area contributed by atoms with E-state index in [1.165, 1.54) is 6.92 Å². The summed E-state index contributed by atoms with van der Waals surface area (Å²) in [6, 6.07) is -11.2. The summed E-state index contributed by atoms with van der Waals surface area (Å²) in [7, 11) is 0. The first-order valence-electron chi connectivity index (χ1n) is 20.7. The molecule has 0 spiro atoms. The zero-order chi connectivity index (χ0) is 47.8. The zero-order valence-electron chi connectivity index (χ0n) is 36.8. The van der Waals surface area contributed by atoms with Crippen LogP contribution >= 0.6 is 0 Å². The number of likely N-dealkylation sites (tertiary alicyclic amines) is 1. The van der Waals surface area contributed by atoms with Gasteiger partial charge in [0.15, 0.2) is 0 Å². The van der Waals surface area contributed by atoms with Gasteiger partial charge in [0.2, 0.25) is 53.2 Å². The van der Waals surface area contributed by atoms with Gasteiger partial charge in [-0.3, -0.25) is 43.2 Å². The number of carboxylic acid groups (broad SMARTS) is 1. The molecule has 352 valence electrons.